The average Bonchev–Trinajstić information content (AvgIpc) is 2.21. The quantitative estimate of drug-likeness (QED) is 0.648. The van der Waals surface area contributed by atoms with Crippen LogP contribution in [0, 0.1) is 6.92 Å². The standard InChI is InChI=1S/C9H12.C5H12/c1-3-9-7-5-4-6-8(9)2;1-3-5-4-2/h4-7H,3H2,1-2H3;3-5H2,1-2H3. The van der Waals surface area contributed by atoms with Crippen LogP contribution in [0.2, 0.25) is 0 Å². The van der Waals surface area contributed by atoms with Crippen LogP contribution in [-0.4, -0.2) is 0 Å². The van der Waals surface area contributed by atoms with E-state index in [1.54, 1.807) is 0 Å². The molecule has 0 fully saturated rings. The molecule has 0 N–H and O–H groups in total. The van der Waals surface area contributed by atoms with Gasteiger partial charge in [0.1, 0.15) is 0 Å². The summed E-state index contributed by atoms with van der Waals surface area (Å²) in [4.78, 5) is 0. The molecule has 0 unspecified atom stereocenters. The van der Waals surface area contributed by atoms with E-state index in [4.69, 9.17) is 0 Å². The maximum absolute atomic E-state index is 2.21. The number of benzene rings is 1. The van der Waals surface area contributed by atoms with Crippen LogP contribution >= 0.6 is 0 Å². The molecule has 0 aliphatic rings. The van der Waals surface area contributed by atoms with Crippen LogP contribution in [0.25, 0.3) is 0 Å². The first-order chi connectivity index (χ1) is 6.76. The normalized spacial score (nSPS) is 9.14. The minimum Gasteiger partial charge on any atom is -0.0654 e. The predicted octanol–water partition coefficient (Wildman–Crippen LogP) is 4.75. The van der Waals surface area contributed by atoms with Gasteiger partial charge in [0.2, 0.25) is 0 Å². The zero-order valence-corrected chi connectivity index (χ0v) is 10.1. The molecule has 0 heteroatoms. The summed E-state index contributed by atoms with van der Waals surface area (Å²) in [6.45, 7) is 8.76. The van der Waals surface area contributed by atoms with E-state index in [-0.39, 0.29) is 0 Å². The number of rotatable bonds is 3. The number of hydrogen-bond donors (Lipinski definition) is 0. The molecule has 0 aromatic heterocycles. The van der Waals surface area contributed by atoms with E-state index in [2.05, 4.69) is 52.0 Å². The zero-order chi connectivity index (χ0) is 10.8. The van der Waals surface area contributed by atoms with Gasteiger partial charge < -0.3 is 0 Å². The van der Waals surface area contributed by atoms with Gasteiger partial charge in [-0.1, -0.05) is 64.3 Å². The third kappa shape index (κ3) is 5.80. The van der Waals surface area contributed by atoms with Crippen molar-refractivity contribution in [3.05, 3.63) is 35.4 Å². The molecule has 0 radical (unpaired) electrons. The van der Waals surface area contributed by atoms with Gasteiger partial charge in [0.05, 0.1) is 0 Å². The summed E-state index contributed by atoms with van der Waals surface area (Å²) in [5.41, 5.74) is 2.86. The van der Waals surface area contributed by atoms with Crippen molar-refractivity contribution in [1.82, 2.24) is 0 Å². The van der Waals surface area contributed by atoms with Gasteiger partial charge in [0.25, 0.3) is 0 Å². The van der Waals surface area contributed by atoms with Crippen LogP contribution in [0.3, 0.4) is 0 Å². The lowest BCUT2D eigenvalue weighted by atomic mass is 10.1. The lowest BCUT2D eigenvalue weighted by Crippen LogP contribution is -1.82. The molecule has 0 atom stereocenters. The van der Waals surface area contributed by atoms with Crippen molar-refractivity contribution in [1.29, 1.82) is 0 Å². The molecule has 14 heavy (non-hydrogen) atoms. The van der Waals surface area contributed by atoms with E-state index in [9.17, 15) is 0 Å². The van der Waals surface area contributed by atoms with E-state index in [1.807, 2.05) is 0 Å². The van der Waals surface area contributed by atoms with Gasteiger partial charge in [-0.05, 0) is 24.5 Å². The summed E-state index contributed by atoms with van der Waals surface area (Å²) >= 11 is 0. The Hall–Kier alpha value is -0.780. The Morgan fingerprint density at radius 1 is 0.929 bits per heavy atom. The second-order valence-electron chi connectivity index (χ2n) is 3.63. The molecule has 80 valence electrons. The first kappa shape index (κ1) is 13.2. The minimum atomic E-state index is 1.15. The molecule has 1 aromatic carbocycles. The Balaban J connectivity index is 0.000000292. The molecule has 0 nitrogen and oxygen atoms in total. The highest BCUT2D eigenvalue weighted by atomic mass is 13.9. The van der Waals surface area contributed by atoms with Crippen molar-refractivity contribution < 1.29 is 0 Å². The van der Waals surface area contributed by atoms with Gasteiger partial charge in [-0.25, -0.2) is 0 Å². The van der Waals surface area contributed by atoms with Crippen molar-refractivity contribution in [2.24, 2.45) is 0 Å². The Morgan fingerprint density at radius 3 is 1.79 bits per heavy atom. The second kappa shape index (κ2) is 8.80. The Morgan fingerprint density at radius 2 is 1.50 bits per heavy atom. The van der Waals surface area contributed by atoms with E-state index in [1.165, 1.54) is 30.4 Å². The molecule has 0 saturated carbocycles. The molecule has 0 amide bonds. The summed E-state index contributed by atoms with van der Waals surface area (Å²) < 4.78 is 0. The Labute approximate surface area is 89.4 Å². The van der Waals surface area contributed by atoms with Gasteiger partial charge >= 0.3 is 0 Å². The van der Waals surface area contributed by atoms with Gasteiger partial charge in [0.15, 0.2) is 0 Å². The molecule has 1 aromatic rings. The van der Waals surface area contributed by atoms with Crippen LogP contribution in [0.1, 0.15) is 51.2 Å². The molecule has 0 aliphatic heterocycles. The molecule has 1 rings (SSSR count). The molecule has 0 heterocycles. The molecular weight excluding hydrogens is 168 g/mol. The number of unbranched alkanes of at least 4 members (excludes halogenated alkanes) is 2. The summed E-state index contributed by atoms with van der Waals surface area (Å²) in [5.74, 6) is 0. The maximum atomic E-state index is 2.21. The lowest BCUT2D eigenvalue weighted by molar-refractivity contribution is 0.772. The number of hydrogen-bond acceptors (Lipinski definition) is 0. The summed E-state index contributed by atoms with van der Waals surface area (Å²) in [6, 6.07) is 8.49. The van der Waals surface area contributed by atoms with Gasteiger partial charge in [-0.3, -0.25) is 0 Å². The first-order valence-electron chi connectivity index (χ1n) is 5.80. The average molecular weight is 192 g/mol. The fraction of sp³-hybridized carbons (Fsp3) is 0.571. The summed E-state index contributed by atoms with van der Waals surface area (Å²) in [5, 5.41) is 0. The van der Waals surface area contributed by atoms with E-state index in [0.717, 1.165) is 6.42 Å². The minimum absolute atomic E-state index is 1.15. The lowest BCUT2D eigenvalue weighted by Gasteiger charge is -1.98. The fourth-order valence-electron chi connectivity index (χ4n) is 1.36. The van der Waals surface area contributed by atoms with Gasteiger partial charge in [0, 0.05) is 0 Å². The van der Waals surface area contributed by atoms with Crippen LogP contribution in [0.5, 0.6) is 0 Å². The monoisotopic (exact) mass is 192 g/mol. The van der Waals surface area contributed by atoms with Crippen molar-refractivity contribution >= 4 is 0 Å². The predicted molar refractivity (Wildman–Crippen MR) is 65.8 cm³/mol. The molecule has 0 spiro atoms. The largest absolute Gasteiger partial charge is 0.0654 e. The van der Waals surface area contributed by atoms with Crippen LogP contribution in [0.15, 0.2) is 24.3 Å². The second-order valence-corrected chi connectivity index (χ2v) is 3.63. The molecule has 0 aliphatic carbocycles. The van der Waals surface area contributed by atoms with E-state index >= 15 is 0 Å². The highest BCUT2D eigenvalue weighted by molar-refractivity contribution is 5.24. The highest BCUT2D eigenvalue weighted by Gasteiger charge is 1.89. The van der Waals surface area contributed by atoms with E-state index in [0.29, 0.717) is 0 Å². The topological polar surface area (TPSA) is 0 Å². The van der Waals surface area contributed by atoms with Crippen molar-refractivity contribution in [3.63, 3.8) is 0 Å². The SMILES string of the molecule is CCCCC.CCc1ccccc1C. The van der Waals surface area contributed by atoms with Gasteiger partial charge in [-0.15, -0.1) is 0 Å². The van der Waals surface area contributed by atoms with Crippen molar-refractivity contribution in [2.45, 2.75) is 53.4 Å². The number of aryl methyl sites for hydroxylation is 2. The highest BCUT2D eigenvalue weighted by Crippen LogP contribution is 2.06. The first-order valence-corrected chi connectivity index (χ1v) is 5.80. The third-order valence-electron chi connectivity index (χ3n) is 2.35. The summed E-state index contributed by atoms with van der Waals surface area (Å²) in [6.07, 6.45) is 5.22. The Kier molecular flexibility index (Phi) is 8.31. The summed E-state index contributed by atoms with van der Waals surface area (Å²) in [7, 11) is 0. The molecule has 0 bridgehead atoms. The van der Waals surface area contributed by atoms with Crippen LogP contribution < -0.4 is 0 Å². The maximum Gasteiger partial charge on any atom is -0.0305 e. The van der Waals surface area contributed by atoms with Crippen LogP contribution in [0.4, 0.5) is 0 Å². The van der Waals surface area contributed by atoms with Gasteiger partial charge in [-0.2, -0.15) is 0 Å². The van der Waals surface area contributed by atoms with Crippen LogP contribution in [-0.2, 0) is 6.42 Å². The third-order valence-corrected chi connectivity index (χ3v) is 2.35. The smallest absolute Gasteiger partial charge is 0.0305 e. The Bertz CT molecular complexity index is 223. The molecule has 0 saturated heterocycles. The van der Waals surface area contributed by atoms with E-state index < -0.39 is 0 Å². The molecular formula is C14H24. The fourth-order valence-corrected chi connectivity index (χ4v) is 1.36. The van der Waals surface area contributed by atoms with Crippen molar-refractivity contribution in [2.75, 3.05) is 0 Å². The van der Waals surface area contributed by atoms with Crippen molar-refractivity contribution in [3.8, 4) is 0 Å². The zero-order valence-electron chi connectivity index (χ0n) is 10.1.